The van der Waals surface area contributed by atoms with Crippen molar-refractivity contribution in [3.63, 3.8) is 0 Å². The lowest BCUT2D eigenvalue weighted by atomic mass is 9.99. The number of carbonyl (C=O) groups is 3. The molecule has 0 aromatic carbocycles. The van der Waals surface area contributed by atoms with E-state index in [2.05, 4.69) is 34.6 Å². The fraction of sp³-hybridized carbons (Fsp3) is 0.945. The molecule has 2 atom stereocenters. The topological polar surface area (TPSA) is 78.9 Å². The molecule has 0 saturated carbocycles. The van der Waals surface area contributed by atoms with Crippen molar-refractivity contribution in [3.05, 3.63) is 0 Å². The molecule has 0 rings (SSSR count). The SMILES string of the molecule is CCCCCCCCCC(=O)OC[C@@H](COC(=O)CCCCCCCCCCCCCCCCCC(C)C)OC(=O)CCCCCCCCCCCCCCCCC(C)CC. The Bertz CT molecular complexity index is 933. The van der Waals surface area contributed by atoms with E-state index in [1.165, 1.54) is 193 Å². The predicted molar refractivity (Wildman–Crippen MR) is 261 cm³/mol. The molecule has 0 radical (unpaired) electrons. The van der Waals surface area contributed by atoms with Crippen LogP contribution in [0, 0.1) is 11.8 Å². The van der Waals surface area contributed by atoms with Crippen molar-refractivity contribution in [2.24, 2.45) is 11.8 Å². The molecule has 0 heterocycles. The highest BCUT2D eigenvalue weighted by Crippen LogP contribution is 2.18. The molecule has 0 aromatic heterocycles. The Hall–Kier alpha value is -1.59. The van der Waals surface area contributed by atoms with Gasteiger partial charge in [-0.1, -0.05) is 266 Å². The van der Waals surface area contributed by atoms with Gasteiger partial charge in [0.25, 0.3) is 0 Å². The Morgan fingerprint density at radius 1 is 0.344 bits per heavy atom. The van der Waals surface area contributed by atoms with Crippen LogP contribution in [0.2, 0.25) is 0 Å². The minimum absolute atomic E-state index is 0.0635. The van der Waals surface area contributed by atoms with Gasteiger partial charge in [0.2, 0.25) is 0 Å². The van der Waals surface area contributed by atoms with Gasteiger partial charge in [-0.05, 0) is 31.1 Å². The maximum atomic E-state index is 12.8. The van der Waals surface area contributed by atoms with Gasteiger partial charge in [-0.2, -0.15) is 0 Å². The van der Waals surface area contributed by atoms with Crippen LogP contribution in [0.3, 0.4) is 0 Å². The standard InChI is InChI=1S/C55H106O6/c1-6-8-9-10-28-35-40-45-53(56)59-48-52(61-55(58)47-42-37-32-27-23-19-15-14-17-21-25-30-34-39-44-51(5)7-2)49-60-54(57)46-41-36-31-26-22-18-13-11-12-16-20-24-29-33-38-43-50(3)4/h50-52H,6-49H2,1-5H3/t51?,52-/m0/s1. The molecule has 0 N–H and O–H groups in total. The van der Waals surface area contributed by atoms with Gasteiger partial charge in [-0.3, -0.25) is 14.4 Å². The van der Waals surface area contributed by atoms with Crippen LogP contribution in [0.25, 0.3) is 0 Å². The first-order chi connectivity index (χ1) is 29.8. The number of rotatable bonds is 49. The van der Waals surface area contributed by atoms with E-state index in [1.807, 2.05) is 0 Å². The van der Waals surface area contributed by atoms with E-state index in [9.17, 15) is 14.4 Å². The average molecular weight is 863 g/mol. The molecule has 0 aliphatic rings. The van der Waals surface area contributed by atoms with Crippen LogP contribution in [-0.2, 0) is 28.6 Å². The molecule has 61 heavy (non-hydrogen) atoms. The fourth-order valence-electron chi connectivity index (χ4n) is 8.31. The summed E-state index contributed by atoms with van der Waals surface area (Å²) in [6.07, 6.45) is 49.6. The molecule has 0 saturated heterocycles. The van der Waals surface area contributed by atoms with Gasteiger partial charge in [0, 0.05) is 19.3 Å². The van der Waals surface area contributed by atoms with Gasteiger partial charge in [0.05, 0.1) is 0 Å². The minimum atomic E-state index is -0.761. The lowest BCUT2D eigenvalue weighted by Crippen LogP contribution is -2.30. The fourth-order valence-corrected chi connectivity index (χ4v) is 8.31. The van der Waals surface area contributed by atoms with Crippen molar-refractivity contribution in [2.45, 2.75) is 310 Å². The zero-order valence-electron chi connectivity index (χ0n) is 41.8. The van der Waals surface area contributed by atoms with E-state index >= 15 is 0 Å². The molecular weight excluding hydrogens is 757 g/mol. The van der Waals surface area contributed by atoms with E-state index in [1.54, 1.807) is 0 Å². The Morgan fingerprint density at radius 3 is 0.934 bits per heavy atom. The Labute approximate surface area is 380 Å². The summed E-state index contributed by atoms with van der Waals surface area (Å²) in [7, 11) is 0. The number of esters is 3. The molecule has 0 bridgehead atoms. The number of carbonyl (C=O) groups excluding carboxylic acids is 3. The van der Waals surface area contributed by atoms with Crippen LogP contribution in [-0.4, -0.2) is 37.2 Å². The molecule has 0 aliphatic carbocycles. The average Bonchev–Trinajstić information content (AvgIpc) is 3.24. The van der Waals surface area contributed by atoms with Crippen LogP contribution in [0.5, 0.6) is 0 Å². The van der Waals surface area contributed by atoms with E-state index in [0.717, 1.165) is 69.6 Å². The Kier molecular flexibility index (Phi) is 46.6. The third-order valence-corrected chi connectivity index (χ3v) is 12.8. The van der Waals surface area contributed by atoms with Crippen LogP contribution in [0.1, 0.15) is 304 Å². The van der Waals surface area contributed by atoms with Gasteiger partial charge in [0.1, 0.15) is 13.2 Å². The first-order valence-electron chi connectivity index (χ1n) is 27.3. The zero-order chi connectivity index (χ0) is 44.7. The number of hydrogen-bond acceptors (Lipinski definition) is 6. The zero-order valence-corrected chi connectivity index (χ0v) is 41.8. The molecule has 362 valence electrons. The van der Waals surface area contributed by atoms with E-state index in [0.29, 0.717) is 19.3 Å². The van der Waals surface area contributed by atoms with Crippen LogP contribution < -0.4 is 0 Å². The summed E-state index contributed by atoms with van der Waals surface area (Å²) in [5.41, 5.74) is 0. The summed E-state index contributed by atoms with van der Waals surface area (Å²) in [6.45, 7) is 11.4. The Balaban J connectivity index is 4.17. The molecule has 0 amide bonds. The molecule has 0 aliphatic heterocycles. The van der Waals surface area contributed by atoms with Crippen LogP contribution in [0.4, 0.5) is 0 Å². The summed E-state index contributed by atoms with van der Waals surface area (Å²) in [4.78, 5) is 37.9. The van der Waals surface area contributed by atoms with E-state index < -0.39 is 6.10 Å². The van der Waals surface area contributed by atoms with Crippen molar-refractivity contribution >= 4 is 17.9 Å². The monoisotopic (exact) mass is 863 g/mol. The van der Waals surface area contributed by atoms with E-state index in [-0.39, 0.29) is 31.1 Å². The van der Waals surface area contributed by atoms with Crippen molar-refractivity contribution < 1.29 is 28.6 Å². The highest BCUT2D eigenvalue weighted by atomic mass is 16.6. The number of hydrogen-bond donors (Lipinski definition) is 0. The number of unbranched alkanes of at least 4 members (excludes halogenated alkanes) is 33. The lowest BCUT2D eigenvalue weighted by Gasteiger charge is -2.18. The lowest BCUT2D eigenvalue weighted by molar-refractivity contribution is -0.167. The first kappa shape index (κ1) is 59.4. The summed E-state index contributed by atoms with van der Waals surface area (Å²) < 4.78 is 16.8. The van der Waals surface area contributed by atoms with Crippen molar-refractivity contribution in [1.82, 2.24) is 0 Å². The maximum absolute atomic E-state index is 12.8. The minimum Gasteiger partial charge on any atom is -0.462 e. The summed E-state index contributed by atoms with van der Waals surface area (Å²) in [5, 5.41) is 0. The third-order valence-electron chi connectivity index (χ3n) is 12.8. The normalized spacial score (nSPS) is 12.5. The van der Waals surface area contributed by atoms with Gasteiger partial charge >= 0.3 is 17.9 Å². The highest BCUT2D eigenvalue weighted by molar-refractivity contribution is 5.71. The molecule has 1 unspecified atom stereocenters. The summed E-state index contributed by atoms with van der Waals surface area (Å²) in [5.74, 6) is 0.893. The van der Waals surface area contributed by atoms with Gasteiger partial charge < -0.3 is 14.2 Å². The van der Waals surface area contributed by atoms with Gasteiger partial charge in [-0.15, -0.1) is 0 Å². The summed E-state index contributed by atoms with van der Waals surface area (Å²) in [6, 6.07) is 0. The molecule has 6 nitrogen and oxygen atoms in total. The molecule has 0 fully saturated rings. The first-order valence-corrected chi connectivity index (χ1v) is 27.3. The van der Waals surface area contributed by atoms with Crippen LogP contribution >= 0.6 is 0 Å². The summed E-state index contributed by atoms with van der Waals surface area (Å²) >= 11 is 0. The van der Waals surface area contributed by atoms with Crippen LogP contribution in [0.15, 0.2) is 0 Å². The quantitative estimate of drug-likeness (QED) is 0.0344. The predicted octanol–water partition coefficient (Wildman–Crippen LogP) is 17.7. The van der Waals surface area contributed by atoms with E-state index in [4.69, 9.17) is 14.2 Å². The van der Waals surface area contributed by atoms with Crippen molar-refractivity contribution in [2.75, 3.05) is 13.2 Å². The highest BCUT2D eigenvalue weighted by Gasteiger charge is 2.19. The maximum Gasteiger partial charge on any atom is 0.306 e. The molecular formula is C55H106O6. The third kappa shape index (κ3) is 47.7. The molecule has 0 spiro atoms. The smallest absolute Gasteiger partial charge is 0.306 e. The van der Waals surface area contributed by atoms with Crippen molar-refractivity contribution in [1.29, 1.82) is 0 Å². The largest absolute Gasteiger partial charge is 0.462 e. The number of ether oxygens (including phenoxy) is 3. The molecule has 0 aromatic rings. The molecule has 6 heteroatoms. The second-order valence-corrected chi connectivity index (χ2v) is 19.6. The second kappa shape index (κ2) is 47.9. The van der Waals surface area contributed by atoms with Gasteiger partial charge in [0.15, 0.2) is 6.10 Å². The second-order valence-electron chi connectivity index (χ2n) is 19.6. The Morgan fingerprint density at radius 2 is 0.623 bits per heavy atom. The van der Waals surface area contributed by atoms with Gasteiger partial charge in [-0.25, -0.2) is 0 Å². The van der Waals surface area contributed by atoms with Crippen molar-refractivity contribution in [3.8, 4) is 0 Å².